The van der Waals surface area contributed by atoms with E-state index in [0.717, 1.165) is 11.9 Å². The van der Waals surface area contributed by atoms with Gasteiger partial charge in [-0.15, -0.1) is 0 Å². The van der Waals surface area contributed by atoms with Gasteiger partial charge in [-0.05, 0) is 6.07 Å². The van der Waals surface area contributed by atoms with Gasteiger partial charge in [0.2, 0.25) is 0 Å². The van der Waals surface area contributed by atoms with Crippen LogP contribution in [0.5, 0.6) is 0 Å². The Morgan fingerprint density at radius 1 is 1.63 bits per heavy atom. The van der Waals surface area contributed by atoms with Gasteiger partial charge in [-0.3, -0.25) is 14.8 Å². The van der Waals surface area contributed by atoms with E-state index in [1.165, 1.54) is 6.07 Å². The Bertz CT molecular complexity index is 657. The Kier molecular flexibility index (Phi) is 3.38. The number of nitriles is 1. The van der Waals surface area contributed by atoms with Gasteiger partial charge in [0.15, 0.2) is 0 Å². The summed E-state index contributed by atoms with van der Waals surface area (Å²) in [7, 11) is 1.80. The highest BCUT2D eigenvalue weighted by molar-refractivity contribution is 5.55. The third-order valence-corrected chi connectivity index (χ3v) is 2.41. The van der Waals surface area contributed by atoms with Crippen molar-refractivity contribution in [3.05, 3.63) is 45.9 Å². The molecule has 0 bridgehead atoms. The second-order valence-corrected chi connectivity index (χ2v) is 3.79. The predicted octanol–water partition coefficient (Wildman–Crippen LogP) is 1.21. The number of pyridine rings is 1. The second kappa shape index (κ2) is 5.14. The van der Waals surface area contributed by atoms with Gasteiger partial charge < -0.3 is 5.32 Å². The molecule has 2 aromatic rings. The van der Waals surface area contributed by atoms with Crippen molar-refractivity contribution in [1.29, 1.82) is 5.26 Å². The fourth-order valence-electron chi connectivity index (χ4n) is 1.51. The van der Waals surface area contributed by atoms with Crippen LogP contribution < -0.4 is 5.32 Å². The Morgan fingerprint density at radius 3 is 3.00 bits per heavy atom. The summed E-state index contributed by atoms with van der Waals surface area (Å²) in [4.78, 5) is 13.9. The van der Waals surface area contributed by atoms with Crippen molar-refractivity contribution in [3.63, 3.8) is 0 Å². The maximum atomic E-state index is 10.6. The molecule has 19 heavy (non-hydrogen) atoms. The first-order chi connectivity index (χ1) is 9.10. The lowest BCUT2D eigenvalue weighted by Crippen LogP contribution is -2.05. The largest absolute Gasteiger partial charge is 0.363 e. The molecule has 0 unspecified atom stereocenters. The molecule has 0 aromatic carbocycles. The zero-order valence-corrected chi connectivity index (χ0v) is 10.1. The van der Waals surface area contributed by atoms with Crippen molar-refractivity contribution in [2.24, 2.45) is 7.05 Å². The minimum atomic E-state index is -0.587. The maximum Gasteiger partial charge on any atom is 0.289 e. The highest BCUT2D eigenvalue weighted by Gasteiger charge is 2.12. The number of nitro groups is 1. The molecule has 0 aliphatic rings. The van der Waals surface area contributed by atoms with E-state index in [9.17, 15) is 10.1 Å². The topological polar surface area (TPSA) is 110 Å². The minimum Gasteiger partial charge on any atom is -0.363 e. The van der Waals surface area contributed by atoms with E-state index in [4.69, 9.17) is 5.26 Å². The molecule has 0 aliphatic carbocycles. The van der Waals surface area contributed by atoms with Gasteiger partial charge in [0.25, 0.3) is 5.69 Å². The van der Waals surface area contributed by atoms with Gasteiger partial charge in [0, 0.05) is 19.3 Å². The van der Waals surface area contributed by atoms with Crippen LogP contribution in [0.3, 0.4) is 0 Å². The Labute approximate surface area is 108 Å². The molecule has 0 saturated heterocycles. The number of nitrogens with zero attached hydrogens (tertiary/aromatic N) is 5. The van der Waals surface area contributed by atoms with Crippen molar-refractivity contribution in [1.82, 2.24) is 14.8 Å². The third kappa shape index (κ3) is 2.84. The lowest BCUT2D eigenvalue weighted by atomic mass is 10.2. The van der Waals surface area contributed by atoms with E-state index in [1.54, 1.807) is 17.9 Å². The van der Waals surface area contributed by atoms with Crippen molar-refractivity contribution < 1.29 is 4.92 Å². The lowest BCUT2D eigenvalue weighted by Gasteiger charge is -2.04. The molecular weight excluding hydrogens is 248 g/mol. The van der Waals surface area contributed by atoms with Crippen LogP contribution in [0.4, 0.5) is 11.5 Å². The third-order valence-electron chi connectivity index (χ3n) is 2.41. The maximum absolute atomic E-state index is 10.6. The van der Waals surface area contributed by atoms with Crippen LogP contribution in [0.1, 0.15) is 11.3 Å². The normalized spacial score (nSPS) is 9.89. The summed E-state index contributed by atoms with van der Waals surface area (Å²) < 4.78 is 1.66. The second-order valence-electron chi connectivity index (χ2n) is 3.79. The summed E-state index contributed by atoms with van der Waals surface area (Å²) in [5, 5.41) is 26.6. The monoisotopic (exact) mass is 258 g/mol. The molecule has 2 aromatic heterocycles. The fraction of sp³-hybridized carbons (Fsp3) is 0.182. The Morgan fingerprint density at radius 2 is 2.42 bits per heavy atom. The van der Waals surface area contributed by atoms with Crippen LogP contribution in [0.25, 0.3) is 0 Å². The van der Waals surface area contributed by atoms with Crippen LogP contribution in [-0.2, 0) is 13.6 Å². The Hall–Kier alpha value is -2.95. The standard InChI is InChI=1S/C11H10N6O2/c1-16-3-2-9(15-16)6-13-11-8(5-12)4-10(7-14-11)17(18)19/h2-4,7H,6H2,1H3,(H,13,14). The molecule has 1 N–H and O–H groups in total. The fourth-order valence-corrected chi connectivity index (χ4v) is 1.51. The van der Waals surface area contributed by atoms with Gasteiger partial charge in [0.1, 0.15) is 23.6 Å². The molecule has 0 amide bonds. The highest BCUT2D eigenvalue weighted by Crippen LogP contribution is 2.18. The quantitative estimate of drug-likeness (QED) is 0.651. The summed E-state index contributed by atoms with van der Waals surface area (Å²) in [5.74, 6) is 0.304. The van der Waals surface area contributed by atoms with Gasteiger partial charge in [-0.25, -0.2) is 4.98 Å². The van der Waals surface area contributed by atoms with Gasteiger partial charge >= 0.3 is 0 Å². The number of anilines is 1. The number of rotatable bonds is 4. The first-order valence-corrected chi connectivity index (χ1v) is 5.37. The molecule has 2 rings (SSSR count). The van der Waals surface area contributed by atoms with E-state index in [-0.39, 0.29) is 11.3 Å². The Balaban J connectivity index is 2.16. The predicted molar refractivity (Wildman–Crippen MR) is 66.1 cm³/mol. The number of nitrogens with one attached hydrogen (secondary N) is 1. The summed E-state index contributed by atoms with van der Waals surface area (Å²) in [6, 6.07) is 4.89. The highest BCUT2D eigenvalue weighted by atomic mass is 16.6. The van der Waals surface area contributed by atoms with E-state index < -0.39 is 4.92 Å². The summed E-state index contributed by atoms with van der Waals surface area (Å²) in [5.41, 5.74) is 0.705. The molecule has 0 saturated carbocycles. The molecule has 8 heteroatoms. The van der Waals surface area contributed by atoms with Crippen LogP contribution in [0.2, 0.25) is 0 Å². The molecule has 8 nitrogen and oxygen atoms in total. The lowest BCUT2D eigenvalue weighted by molar-refractivity contribution is -0.385. The molecule has 0 spiro atoms. The zero-order valence-electron chi connectivity index (χ0n) is 10.1. The van der Waals surface area contributed by atoms with Crippen LogP contribution >= 0.6 is 0 Å². The average Bonchev–Trinajstić information content (AvgIpc) is 2.81. The summed E-state index contributed by atoms with van der Waals surface area (Å²) >= 11 is 0. The van der Waals surface area contributed by atoms with Crippen LogP contribution in [0.15, 0.2) is 24.5 Å². The minimum absolute atomic E-state index is 0.130. The van der Waals surface area contributed by atoms with E-state index in [1.807, 2.05) is 12.1 Å². The summed E-state index contributed by atoms with van der Waals surface area (Å²) in [6.45, 7) is 0.389. The first kappa shape index (κ1) is 12.5. The molecule has 0 radical (unpaired) electrons. The van der Waals surface area contributed by atoms with E-state index in [0.29, 0.717) is 12.4 Å². The van der Waals surface area contributed by atoms with Crippen molar-refractivity contribution >= 4 is 11.5 Å². The van der Waals surface area contributed by atoms with Crippen molar-refractivity contribution in [3.8, 4) is 6.07 Å². The summed E-state index contributed by atoms with van der Waals surface area (Å²) in [6.07, 6.45) is 2.91. The van der Waals surface area contributed by atoms with Gasteiger partial charge in [-0.2, -0.15) is 10.4 Å². The number of aryl methyl sites for hydroxylation is 1. The molecule has 96 valence electrons. The smallest absolute Gasteiger partial charge is 0.289 e. The molecule has 2 heterocycles. The molecule has 0 atom stereocenters. The molecule has 0 fully saturated rings. The van der Waals surface area contributed by atoms with Gasteiger partial charge in [-0.1, -0.05) is 0 Å². The van der Waals surface area contributed by atoms with Crippen LogP contribution in [0, 0.1) is 21.4 Å². The molecule has 0 aliphatic heterocycles. The van der Waals surface area contributed by atoms with E-state index >= 15 is 0 Å². The zero-order chi connectivity index (χ0) is 13.8. The SMILES string of the molecule is Cn1ccc(CNc2ncc([N+](=O)[O-])cc2C#N)n1. The molecular formula is C11H10N6O2. The number of hydrogen-bond acceptors (Lipinski definition) is 6. The van der Waals surface area contributed by atoms with Crippen molar-refractivity contribution in [2.75, 3.05) is 5.32 Å². The van der Waals surface area contributed by atoms with Crippen molar-refractivity contribution in [2.45, 2.75) is 6.54 Å². The van der Waals surface area contributed by atoms with Gasteiger partial charge in [0.05, 0.1) is 17.2 Å². The number of aromatic nitrogens is 3. The number of hydrogen-bond donors (Lipinski definition) is 1. The van der Waals surface area contributed by atoms with E-state index in [2.05, 4.69) is 15.4 Å². The first-order valence-electron chi connectivity index (χ1n) is 5.37. The average molecular weight is 258 g/mol. The van der Waals surface area contributed by atoms with Crippen LogP contribution in [-0.4, -0.2) is 19.7 Å².